The van der Waals surface area contributed by atoms with Gasteiger partial charge >= 0.3 is 12.7 Å². The number of nitrogens with one attached hydrogen (secondary N) is 1. The first-order chi connectivity index (χ1) is 10.6. The number of rotatable bonds is 4. The van der Waals surface area contributed by atoms with Gasteiger partial charge in [-0.3, -0.25) is 4.79 Å². The van der Waals surface area contributed by atoms with Gasteiger partial charge in [-0.25, -0.2) is 9.67 Å². The number of halogens is 5. The number of alkyl halides is 5. The minimum atomic E-state index is -4.59. The highest BCUT2D eigenvalue weighted by Gasteiger charge is 2.34. The summed E-state index contributed by atoms with van der Waals surface area (Å²) in [5.41, 5.74) is -0.415. The Labute approximate surface area is 131 Å². The average Bonchev–Trinajstić information content (AvgIpc) is 2.98. The second kappa shape index (κ2) is 6.22. The number of nitrogens with zero attached hydrogens (tertiary/aromatic N) is 3. The van der Waals surface area contributed by atoms with Crippen molar-refractivity contribution in [2.75, 3.05) is 5.32 Å². The van der Waals surface area contributed by atoms with Crippen LogP contribution in [0.1, 0.15) is 29.2 Å². The summed E-state index contributed by atoms with van der Waals surface area (Å²) in [5, 5.41) is 6.42. The topological polar surface area (TPSA) is 59.8 Å². The predicted molar refractivity (Wildman–Crippen MR) is 72.4 cm³/mol. The van der Waals surface area contributed by atoms with Crippen LogP contribution in [0.5, 0.6) is 0 Å². The van der Waals surface area contributed by atoms with Gasteiger partial charge in [-0.2, -0.15) is 27.1 Å². The molecule has 11 heteroatoms. The Bertz CT molecular complexity index is 722. The number of anilines is 1. The van der Waals surface area contributed by atoms with E-state index in [0.717, 1.165) is 5.38 Å². The summed E-state index contributed by atoms with van der Waals surface area (Å²) in [6.07, 6.45) is -4.88. The lowest BCUT2D eigenvalue weighted by molar-refractivity contribution is -0.140. The van der Waals surface area contributed by atoms with E-state index >= 15 is 0 Å². The summed E-state index contributed by atoms with van der Waals surface area (Å²) >= 11 is 0.630. The third-order valence-corrected chi connectivity index (χ3v) is 3.80. The first-order valence-electron chi connectivity index (χ1n) is 6.25. The number of hydrogen-bond donors (Lipinski definition) is 1. The van der Waals surface area contributed by atoms with Crippen molar-refractivity contribution in [3.63, 3.8) is 0 Å². The van der Waals surface area contributed by atoms with Crippen LogP contribution < -0.4 is 5.32 Å². The van der Waals surface area contributed by atoms with Crippen molar-refractivity contribution in [3.05, 3.63) is 28.0 Å². The predicted octanol–water partition coefficient (Wildman–Crippen LogP) is 3.55. The summed E-state index contributed by atoms with van der Waals surface area (Å²) in [7, 11) is 0. The van der Waals surface area contributed by atoms with Crippen molar-refractivity contribution in [3.8, 4) is 0 Å². The van der Waals surface area contributed by atoms with E-state index in [1.54, 1.807) is 0 Å². The first-order valence-corrected chi connectivity index (χ1v) is 7.13. The zero-order valence-electron chi connectivity index (χ0n) is 11.9. The smallest absolute Gasteiger partial charge is 0.302 e. The number of carbonyl (C=O) groups excluding carboxylic acids is 1. The summed E-state index contributed by atoms with van der Waals surface area (Å²) < 4.78 is 63.2. The minimum Gasteiger partial charge on any atom is -0.302 e. The van der Waals surface area contributed by atoms with Crippen molar-refractivity contribution >= 4 is 22.4 Å². The van der Waals surface area contributed by atoms with Crippen LogP contribution >= 0.6 is 11.3 Å². The van der Waals surface area contributed by atoms with E-state index in [-0.39, 0.29) is 22.9 Å². The summed E-state index contributed by atoms with van der Waals surface area (Å²) in [4.78, 5) is 15.1. The van der Waals surface area contributed by atoms with Crippen LogP contribution in [0.25, 0.3) is 0 Å². The molecule has 0 saturated heterocycles. The Hall–Kier alpha value is -2.04. The molecule has 2 heterocycles. The summed E-state index contributed by atoms with van der Waals surface area (Å²) in [6, 6.07) is 0. The van der Waals surface area contributed by atoms with Gasteiger partial charge in [-0.05, 0) is 13.8 Å². The standard InChI is InChI=1S/C12H11F5N4OS/c1-5-7(6(2)21(20-5)10(13)14)3-9(22)19-11-18-8(4-23-11)12(15,16)17/h4,10H,3H2,1-2H3,(H,18,19,22). The maximum absolute atomic E-state index is 12.7. The molecule has 5 nitrogen and oxygen atoms in total. The van der Waals surface area contributed by atoms with E-state index in [4.69, 9.17) is 0 Å². The zero-order chi connectivity index (χ0) is 17.4. The van der Waals surface area contributed by atoms with Crippen molar-refractivity contribution in [2.24, 2.45) is 0 Å². The lowest BCUT2D eigenvalue weighted by Gasteiger charge is -2.04. The van der Waals surface area contributed by atoms with E-state index in [2.05, 4.69) is 15.4 Å². The molecule has 126 valence electrons. The van der Waals surface area contributed by atoms with Gasteiger partial charge in [0.05, 0.1) is 12.1 Å². The highest BCUT2D eigenvalue weighted by atomic mass is 32.1. The number of amides is 1. The molecule has 0 unspecified atom stereocenters. The van der Waals surface area contributed by atoms with Crippen LogP contribution in [0, 0.1) is 13.8 Å². The highest BCUT2D eigenvalue weighted by Crippen LogP contribution is 2.31. The molecule has 0 aromatic carbocycles. The average molecular weight is 354 g/mol. The number of aryl methyl sites for hydroxylation is 1. The quantitative estimate of drug-likeness (QED) is 0.855. The molecule has 1 N–H and O–H groups in total. The lowest BCUT2D eigenvalue weighted by atomic mass is 10.1. The zero-order valence-corrected chi connectivity index (χ0v) is 12.7. The normalized spacial score (nSPS) is 12.0. The van der Waals surface area contributed by atoms with Gasteiger partial charge in [0.2, 0.25) is 5.91 Å². The van der Waals surface area contributed by atoms with Crippen LogP contribution in [0.15, 0.2) is 5.38 Å². The Morgan fingerprint density at radius 1 is 1.39 bits per heavy atom. The molecule has 0 spiro atoms. The molecule has 0 radical (unpaired) electrons. The molecule has 2 aromatic heterocycles. The number of hydrogen-bond acceptors (Lipinski definition) is 4. The van der Waals surface area contributed by atoms with Gasteiger partial charge in [0.15, 0.2) is 10.8 Å². The molecule has 2 rings (SSSR count). The molecule has 0 aliphatic heterocycles. The highest BCUT2D eigenvalue weighted by molar-refractivity contribution is 7.13. The molecule has 0 aliphatic rings. The third-order valence-electron chi connectivity index (χ3n) is 3.04. The SMILES string of the molecule is Cc1nn(C(F)F)c(C)c1CC(=O)Nc1nc(C(F)(F)F)cs1. The van der Waals surface area contributed by atoms with Crippen LogP contribution in [-0.2, 0) is 17.4 Å². The Balaban J connectivity index is 2.10. The van der Waals surface area contributed by atoms with Gasteiger partial charge in [0, 0.05) is 16.6 Å². The monoisotopic (exact) mass is 354 g/mol. The maximum atomic E-state index is 12.7. The lowest BCUT2D eigenvalue weighted by Crippen LogP contribution is -2.16. The van der Waals surface area contributed by atoms with Crippen LogP contribution in [0.2, 0.25) is 0 Å². The van der Waals surface area contributed by atoms with Crippen LogP contribution in [0.3, 0.4) is 0 Å². The fourth-order valence-electron chi connectivity index (χ4n) is 1.93. The van der Waals surface area contributed by atoms with Gasteiger partial charge in [-0.15, -0.1) is 11.3 Å². The number of thiazole rings is 1. The molecular weight excluding hydrogens is 343 g/mol. The molecule has 0 bridgehead atoms. The fourth-order valence-corrected chi connectivity index (χ4v) is 2.66. The second-order valence-corrected chi connectivity index (χ2v) is 5.49. The van der Waals surface area contributed by atoms with Crippen molar-refractivity contribution < 1.29 is 26.7 Å². The van der Waals surface area contributed by atoms with E-state index in [9.17, 15) is 26.7 Å². The molecule has 0 saturated carbocycles. The molecule has 0 fully saturated rings. The van der Waals surface area contributed by atoms with E-state index in [0.29, 0.717) is 21.6 Å². The van der Waals surface area contributed by atoms with Gasteiger partial charge in [0.25, 0.3) is 0 Å². The van der Waals surface area contributed by atoms with Crippen LogP contribution in [-0.4, -0.2) is 20.7 Å². The Morgan fingerprint density at radius 2 is 2.04 bits per heavy atom. The molecule has 1 amide bonds. The van der Waals surface area contributed by atoms with Gasteiger partial charge < -0.3 is 5.32 Å². The molecule has 0 aliphatic carbocycles. The Morgan fingerprint density at radius 3 is 2.52 bits per heavy atom. The third kappa shape index (κ3) is 3.84. The maximum Gasteiger partial charge on any atom is 0.434 e. The second-order valence-electron chi connectivity index (χ2n) is 4.63. The van der Waals surface area contributed by atoms with Gasteiger partial charge in [-0.1, -0.05) is 0 Å². The van der Waals surface area contributed by atoms with Crippen molar-refractivity contribution in [1.29, 1.82) is 0 Å². The van der Waals surface area contributed by atoms with Gasteiger partial charge in [0.1, 0.15) is 0 Å². The summed E-state index contributed by atoms with van der Waals surface area (Å²) in [6.45, 7) is 0.0263. The Kier molecular flexibility index (Phi) is 4.68. The van der Waals surface area contributed by atoms with E-state index in [1.807, 2.05) is 0 Å². The largest absolute Gasteiger partial charge is 0.434 e. The molecule has 23 heavy (non-hydrogen) atoms. The first kappa shape index (κ1) is 17.3. The fraction of sp³-hybridized carbons (Fsp3) is 0.417. The molecule has 0 atom stereocenters. The van der Waals surface area contributed by atoms with Crippen molar-refractivity contribution in [2.45, 2.75) is 33.0 Å². The number of aromatic nitrogens is 3. The molecule has 2 aromatic rings. The minimum absolute atomic E-state index is 0.128. The summed E-state index contributed by atoms with van der Waals surface area (Å²) in [5.74, 6) is -0.659. The van der Waals surface area contributed by atoms with Crippen LogP contribution in [0.4, 0.5) is 27.1 Å². The number of carbonyl (C=O) groups is 1. The van der Waals surface area contributed by atoms with E-state index < -0.39 is 24.3 Å². The van der Waals surface area contributed by atoms with E-state index in [1.165, 1.54) is 13.8 Å². The molecular formula is C12H11F5N4OS. The van der Waals surface area contributed by atoms with Crippen molar-refractivity contribution in [1.82, 2.24) is 14.8 Å².